The van der Waals surface area contributed by atoms with Crippen molar-refractivity contribution in [2.24, 2.45) is 0 Å². The Hall–Kier alpha value is -1.24. The molecule has 0 atom stereocenters. The molecule has 0 saturated heterocycles. The number of alkyl halides is 3. The van der Waals surface area contributed by atoms with Crippen LogP contribution in [-0.2, 0) is 10.1 Å². The van der Waals surface area contributed by atoms with Crippen molar-refractivity contribution in [2.75, 3.05) is 6.61 Å². The van der Waals surface area contributed by atoms with Crippen LogP contribution in [0.15, 0.2) is 10.9 Å². The number of halogens is 3. The molecule has 1 heterocycles. The maximum atomic E-state index is 12.5. The summed E-state index contributed by atoms with van der Waals surface area (Å²) in [6.45, 7) is 1.75. The van der Waals surface area contributed by atoms with Crippen LogP contribution in [0, 0.1) is 0 Å². The van der Waals surface area contributed by atoms with Gasteiger partial charge in [-0.05, 0) is 18.6 Å². The zero-order valence-corrected chi connectivity index (χ0v) is 10.5. The maximum Gasteiger partial charge on any atom is 0.355 e. The highest BCUT2D eigenvalue weighted by atomic mass is 79.9. The summed E-state index contributed by atoms with van der Waals surface area (Å²) < 4.78 is 29.7. The summed E-state index contributed by atoms with van der Waals surface area (Å²) in [7, 11) is 0. The third-order valence-corrected chi connectivity index (χ3v) is 2.61. The van der Waals surface area contributed by atoms with Crippen molar-refractivity contribution in [2.45, 2.75) is 18.7 Å². The lowest BCUT2D eigenvalue weighted by Crippen LogP contribution is -2.21. The van der Waals surface area contributed by atoms with Crippen molar-refractivity contribution >= 4 is 21.9 Å². The highest BCUT2D eigenvalue weighted by Crippen LogP contribution is 2.19. The molecule has 0 aliphatic carbocycles. The van der Waals surface area contributed by atoms with Crippen molar-refractivity contribution < 1.29 is 18.3 Å². The second kappa shape index (κ2) is 5.90. The Morgan fingerprint density at radius 1 is 1.59 bits per heavy atom. The lowest BCUT2D eigenvalue weighted by molar-refractivity contribution is 0.0517. The molecule has 0 bridgehead atoms. The molecule has 1 aromatic heterocycles. The molecule has 0 amide bonds. The summed E-state index contributed by atoms with van der Waals surface area (Å²) in [5.74, 6) is -0.736. The first-order valence-electron chi connectivity index (χ1n) is 4.78. The monoisotopic (exact) mass is 309 g/mol. The van der Waals surface area contributed by atoms with Crippen LogP contribution in [0.4, 0.5) is 8.78 Å². The quantitative estimate of drug-likeness (QED) is 0.686. The van der Waals surface area contributed by atoms with Gasteiger partial charge in [-0.1, -0.05) is 15.9 Å². The van der Waals surface area contributed by atoms with Gasteiger partial charge in [0, 0.05) is 5.33 Å². The van der Waals surface area contributed by atoms with Gasteiger partial charge < -0.3 is 9.72 Å². The fraction of sp³-hybridized carbons (Fsp3) is 0.400. The number of pyridine rings is 1. The van der Waals surface area contributed by atoms with Crippen LogP contribution in [0.5, 0.6) is 0 Å². The van der Waals surface area contributed by atoms with Crippen molar-refractivity contribution in [3.05, 3.63) is 33.2 Å². The minimum absolute atomic E-state index is 0.0990. The predicted octanol–water partition coefficient (Wildman–Crippen LogP) is 2.38. The predicted molar refractivity (Wildman–Crippen MR) is 60.6 cm³/mol. The molecule has 0 radical (unpaired) electrons. The summed E-state index contributed by atoms with van der Waals surface area (Å²) in [4.78, 5) is 24.9. The van der Waals surface area contributed by atoms with Crippen molar-refractivity contribution in [1.82, 2.24) is 4.98 Å². The Morgan fingerprint density at radius 3 is 2.71 bits per heavy atom. The molecule has 94 valence electrons. The highest BCUT2D eigenvalue weighted by Gasteiger charge is 2.19. The van der Waals surface area contributed by atoms with Crippen molar-refractivity contribution in [1.29, 1.82) is 0 Å². The molecule has 0 aromatic carbocycles. The minimum atomic E-state index is -2.88. The van der Waals surface area contributed by atoms with Gasteiger partial charge in [-0.2, -0.15) is 0 Å². The van der Waals surface area contributed by atoms with E-state index >= 15 is 0 Å². The van der Waals surface area contributed by atoms with E-state index in [1.807, 2.05) is 0 Å². The molecule has 0 aliphatic heterocycles. The van der Waals surface area contributed by atoms with Gasteiger partial charge in [0.15, 0.2) is 0 Å². The first-order chi connectivity index (χ1) is 8.01. The molecule has 0 aliphatic rings. The Morgan fingerprint density at radius 2 is 2.24 bits per heavy atom. The number of esters is 1. The van der Waals surface area contributed by atoms with Crippen LogP contribution in [0.25, 0.3) is 0 Å². The van der Waals surface area contributed by atoms with E-state index in [1.54, 1.807) is 6.92 Å². The number of rotatable bonds is 4. The molecule has 1 N–H and O–H groups in total. The van der Waals surface area contributed by atoms with Crippen LogP contribution < -0.4 is 5.56 Å². The van der Waals surface area contributed by atoms with Crippen molar-refractivity contribution in [3.8, 4) is 0 Å². The van der Waals surface area contributed by atoms with Gasteiger partial charge in [-0.15, -0.1) is 0 Å². The lowest BCUT2D eigenvalue weighted by atomic mass is 10.1. The average molecular weight is 310 g/mol. The van der Waals surface area contributed by atoms with Crippen LogP contribution in [0.1, 0.15) is 35.0 Å². The van der Waals surface area contributed by atoms with E-state index in [0.29, 0.717) is 0 Å². The molecular formula is C10H10BrF2NO3. The normalized spacial score (nSPS) is 10.6. The third kappa shape index (κ3) is 3.12. The number of carbonyl (C=O) groups excluding carboxylic acids is 1. The van der Waals surface area contributed by atoms with Crippen LogP contribution in [0.3, 0.4) is 0 Å². The van der Waals surface area contributed by atoms with Crippen LogP contribution >= 0.6 is 15.9 Å². The number of hydrogen-bond donors (Lipinski definition) is 1. The molecule has 0 saturated carbocycles. The fourth-order valence-corrected chi connectivity index (χ4v) is 1.69. The summed E-state index contributed by atoms with van der Waals surface area (Å²) >= 11 is 3.06. The van der Waals surface area contributed by atoms with E-state index in [2.05, 4.69) is 20.9 Å². The largest absolute Gasteiger partial charge is 0.461 e. The Bertz CT molecular complexity index is 473. The number of aromatic amines is 1. The molecule has 1 aromatic rings. The van der Waals surface area contributed by atoms with Gasteiger partial charge in [0.1, 0.15) is 5.69 Å². The van der Waals surface area contributed by atoms with Crippen molar-refractivity contribution in [3.63, 3.8) is 0 Å². The zero-order valence-electron chi connectivity index (χ0n) is 8.93. The van der Waals surface area contributed by atoms with Gasteiger partial charge in [0.2, 0.25) is 0 Å². The van der Waals surface area contributed by atoms with Gasteiger partial charge in [0.05, 0.1) is 12.2 Å². The SMILES string of the molecule is CCOC(=O)c1[nH]c(=O)c(C(F)F)cc1CBr. The van der Waals surface area contributed by atoms with E-state index in [0.717, 1.165) is 6.07 Å². The molecule has 4 nitrogen and oxygen atoms in total. The van der Waals surface area contributed by atoms with Gasteiger partial charge in [-0.25, -0.2) is 13.6 Å². The van der Waals surface area contributed by atoms with E-state index < -0.39 is 23.5 Å². The van der Waals surface area contributed by atoms with Gasteiger partial charge in [-0.3, -0.25) is 4.79 Å². The average Bonchev–Trinajstić information content (AvgIpc) is 2.28. The summed E-state index contributed by atoms with van der Waals surface area (Å²) in [5.41, 5.74) is -1.48. The third-order valence-electron chi connectivity index (χ3n) is 2.01. The minimum Gasteiger partial charge on any atom is -0.461 e. The standard InChI is InChI=1S/C10H10BrF2NO3/c1-2-17-10(16)7-5(4-11)3-6(8(12)13)9(15)14-7/h3,8H,2,4H2,1H3,(H,14,15). The van der Waals surface area contributed by atoms with Gasteiger partial charge >= 0.3 is 5.97 Å². The maximum absolute atomic E-state index is 12.5. The Labute approximate surface area is 104 Å². The van der Waals surface area contributed by atoms with Crippen LogP contribution in [-0.4, -0.2) is 17.6 Å². The van der Waals surface area contributed by atoms with E-state index in [4.69, 9.17) is 4.74 Å². The van der Waals surface area contributed by atoms with E-state index in [9.17, 15) is 18.4 Å². The van der Waals surface area contributed by atoms with Crippen LogP contribution in [0.2, 0.25) is 0 Å². The second-order valence-corrected chi connectivity index (χ2v) is 3.67. The Kier molecular flexibility index (Phi) is 4.80. The molecule has 17 heavy (non-hydrogen) atoms. The first-order valence-corrected chi connectivity index (χ1v) is 5.90. The number of carbonyl (C=O) groups is 1. The fourth-order valence-electron chi connectivity index (χ4n) is 1.24. The number of ether oxygens (including phenoxy) is 1. The molecule has 0 unspecified atom stereocenters. The number of nitrogens with one attached hydrogen (secondary N) is 1. The number of H-pyrrole nitrogens is 1. The second-order valence-electron chi connectivity index (χ2n) is 3.11. The highest BCUT2D eigenvalue weighted by molar-refractivity contribution is 9.08. The van der Waals surface area contributed by atoms with E-state index in [-0.39, 0.29) is 23.2 Å². The molecular weight excluding hydrogens is 300 g/mol. The smallest absolute Gasteiger partial charge is 0.355 e. The lowest BCUT2D eigenvalue weighted by Gasteiger charge is -2.08. The number of aromatic nitrogens is 1. The molecule has 0 fully saturated rings. The summed E-state index contributed by atoms with van der Waals surface area (Å²) in [5, 5.41) is 0.164. The topological polar surface area (TPSA) is 59.2 Å². The first kappa shape index (κ1) is 13.8. The number of hydrogen-bond acceptors (Lipinski definition) is 3. The molecule has 1 rings (SSSR count). The summed E-state index contributed by atoms with van der Waals surface area (Å²) in [6.07, 6.45) is -2.88. The zero-order chi connectivity index (χ0) is 13.0. The molecule has 0 spiro atoms. The summed E-state index contributed by atoms with van der Waals surface area (Å²) in [6, 6.07) is 1.00. The Balaban J connectivity index is 3.28. The molecule has 7 heteroatoms. The van der Waals surface area contributed by atoms with Gasteiger partial charge in [0.25, 0.3) is 12.0 Å². The van der Waals surface area contributed by atoms with E-state index in [1.165, 1.54) is 0 Å².